The summed E-state index contributed by atoms with van der Waals surface area (Å²) in [5, 5.41) is 19.3. The summed E-state index contributed by atoms with van der Waals surface area (Å²) >= 11 is 1.58. The van der Waals surface area contributed by atoms with Crippen LogP contribution in [0, 0.1) is 11.8 Å². The van der Waals surface area contributed by atoms with E-state index < -0.39 is 23.8 Å². The van der Waals surface area contributed by atoms with Crippen molar-refractivity contribution in [1.82, 2.24) is 25.0 Å². The minimum absolute atomic E-state index is 0.0147. The number of carbonyl (C=O) groups is 5. The number of benzene rings is 3. The molecule has 6 heterocycles. The van der Waals surface area contributed by atoms with Crippen LogP contribution in [0.3, 0.4) is 0 Å². The van der Waals surface area contributed by atoms with Gasteiger partial charge in [0.1, 0.15) is 6.04 Å². The third kappa shape index (κ3) is 9.31. The first-order valence-electron chi connectivity index (χ1n) is 22.5. The number of nitrogens with zero attached hydrogens (tertiary/aromatic N) is 4. The molecule has 4 aromatic rings. The van der Waals surface area contributed by atoms with Crippen LogP contribution in [0.2, 0.25) is 0 Å². The fourth-order valence-electron chi connectivity index (χ4n) is 10.4. The molecule has 0 radical (unpaired) electrons. The normalized spacial score (nSPS) is 22.7. The Morgan fingerprint density at radius 2 is 1.68 bits per heavy atom. The van der Waals surface area contributed by atoms with Crippen LogP contribution >= 0.6 is 11.8 Å². The van der Waals surface area contributed by atoms with Gasteiger partial charge < -0.3 is 20.6 Å². The van der Waals surface area contributed by atoms with Gasteiger partial charge in [-0.1, -0.05) is 24.3 Å². The zero-order valence-corrected chi connectivity index (χ0v) is 36.3. The quantitative estimate of drug-likeness (QED) is 0.0586. The number of aliphatic hydroxyl groups is 1. The van der Waals surface area contributed by atoms with Gasteiger partial charge in [-0.05, 0) is 154 Å². The molecule has 4 atom stereocenters. The molecule has 0 aliphatic carbocycles. The van der Waals surface area contributed by atoms with Gasteiger partial charge in [-0.3, -0.25) is 44.1 Å². The second-order valence-electron chi connectivity index (χ2n) is 17.6. The number of rotatable bonds is 15. The summed E-state index contributed by atoms with van der Waals surface area (Å²) < 4.78 is 0. The number of fused-ring (bicyclic) bond motifs is 4. The number of aromatic nitrogens is 1. The molecule has 3 aromatic carbocycles. The van der Waals surface area contributed by atoms with Crippen molar-refractivity contribution in [3.8, 4) is 11.1 Å². The topological polar surface area (TPSA) is 164 Å². The largest absolute Gasteiger partial charge is 0.394 e. The zero-order valence-electron chi connectivity index (χ0n) is 35.5. The first-order chi connectivity index (χ1) is 30.7. The highest BCUT2D eigenvalue weighted by molar-refractivity contribution is 7.99. The molecular formula is C49H55N7O6S. The molecular weight excluding hydrogens is 815 g/mol. The van der Waals surface area contributed by atoms with Crippen molar-refractivity contribution >= 4 is 52.7 Å². The van der Waals surface area contributed by atoms with Crippen molar-refractivity contribution in [3.05, 3.63) is 107 Å². The number of imide groups is 2. The van der Waals surface area contributed by atoms with Crippen molar-refractivity contribution < 1.29 is 29.1 Å². The first-order valence-corrected chi connectivity index (χ1v) is 23.5. The summed E-state index contributed by atoms with van der Waals surface area (Å²) in [6.07, 6.45) is 10.5. The summed E-state index contributed by atoms with van der Waals surface area (Å²) in [5.74, 6) is -0.158. The van der Waals surface area contributed by atoms with Crippen molar-refractivity contribution in [1.29, 1.82) is 0 Å². The van der Waals surface area contributed by atoms with Gasteiger partial charge in [-0.15, -0.1) is 11.8 Å². The van der Waals surface area contributed by atoms with E-state index in [0.717, 1.165) is 109 Å². The van der Waals surface area contributed by atoms with Gasteiger partial charge in [-0.25, -0.2) is 0 Å². The predicted molar refractivity (Wildman–Crippen MR) is 242 cm³/mol. The zero-order chi connectivity index (χ0) is 43.5. The molecule has 0 saturated carbocycles. The smallest absolute Gasteiger partial charge is 0.263 e. The molecule has 14 heteroatoms. The van der Waals surface area contributed by atoms with Gasteiger partial charge in [0.25, 0.3) is 11.8 Å². The van der Waals surface area contributed by atoms with Crippen LogP contribution in [0.4, 0.5) is 11.4 Å². The lowest BCUT2D eigenvalue weighted by molar-refractivity contribution is -0.136. The Labute approximate surface area is 372 Å². The minimum atomic E-state index is -0.968. The maximum atomic E-state index is 13.4. The number of aliphatic hydroxyl groups excluding tert-OH is 1. The van der Waals surface area contributed by atoms with Gasteiger partial charge in [0.05, 0.1) is 23.8 Å². The molecule has 3 fully saturated rings. The average molecular weight is 870 g/mol. The van der Waals surface area contributed by atoms with Gasteiger partial charge in [0.2, 0.25) is 17.7 Å². The maximum absolute atomic E-state index is 13.4. The second-order valence-corrected chi connectivity index (χ2v) is 18.7. The number of pyridine rings is 1. The lowest BCUT2D eigenvalue weighted by Gasteiger charge is -2.39. The SMILES string of the molecule is O=C1CCC(N2C(=O)c3cccc(SCCCC4CCN(CCCC(=O)Nc5cccc(-c6ccc7c(c6)[C@H]6[C@H](CCN6Cc6ccncc6)[C@@H](CO)N7)c5)CC4)c3C2=O)C(=O)N1. The molecule has 5 aliphatic heterocycles. The summed E-state index contributed by atoms with van der Waals surface area (Å²) in [4.78, 5) is 74.9. The average Bonchev–Trinajstić information content (AvgIpc) is 3.83. The summed E-state index contributed by atoms with van der Waals surface area (Å²) in [6, 6.07) is 23.3. The highest BCUT2D eigenvalue weighted by Crippen LogP contribution is 2.48. The number of piperidine rings is 2. The van der Waals surface area contributed by atoms with Gasteiger partial charge in [0.15, 0.2) is 0 Å². The molecule has 328 valence electrons. The lowest BCUT2D eigenvalue weighted by atomic mass is 9.82. The number of carbonyl (C=O) groups excluding carboxylic acids is 5. The molecule has 5 aliphatic rings. The number of hydrogen-bond donors (Lipinski definition) is 4. The monoisotopic (exact) mass is 869 g/mol. The number of likely N-dealkylation sites (tertiary alicyclic amines) is 2. The van der Waals surface area contributed by atoms with Crippen LogP contribution in [-0.4, -0.2) is 105 Å². The Bertz CT molecular complexity index is 2370. The number of anilines is 2. The van der Waals surface area contributed by atoms with Crippen LogP contribution in [-0.2, 0) is 20.9 Å². The van der Waals surface area contributed by atoms with E-state index in [1.54, 1.807) is 23.9 Å². The number of nitrogens with one attached hydrogen (secondary N) is 3. The highest BCUT2D eigenvalue weighted by Gasteiger charge is 2.46. The Balaban J connectivity index is 0.713. The fraction of sp³-hybridized carbons (Fsp3) is 0.429. The maximum Gasteiger partial charge on any atom is 0.263 e. The van der Waals surface area contributed by atoms with Crippen LogP contribution in [0.25, 0.3) is 11.1 Å². The van der Waals surface area contributed by atoms with E-state index in [0.29, 0.717) is 29.4 Å². The van der Waals surface area contributed by atoms with Crippen molar-refractivity contribution in [3.63, 3.8) is 0 Å². The Hall–Kier alpha value is -5.41. The fourth-order valence-corrected chi connectivity index (χ4v) is 11.4. The van der Waals surface area contributed by atoms with Crippen LogP contribution < -0.4 is 16.0 Å². The van der Waals surface area contributed by atoms with Gasteiger partial charge in [-0.2, -0.15) is 0 Å². The van der Waals surface area contributed by atoms with E-state index in [4.69, 9.17) is 0 Å². The molecule has 1 unspecified atom stereocenters. The van der Waals surface area contributed by atoms with Gasteiger partial charge in [0, 0.05) is 60.0 Å². The Morgan fingerprint density at radius 3 is 2.49 bits per heavy atom. The van der Waals surface area contributed by atoms with Crippen LogP contribution in [0.1, 0.15) is 95.7 Å². The van der Waals surface area contributed by atoms with Crippen LogP contribution in [0.5, 0.6) is 0 Å². The standard InChI is InChI=1S/C49H55N7O6S/c57-30-40-36-19-25-55(29-32-15-20-50-21-16-32)46(36)38-28-34(11-12-39(38)52-40)33-6-1-7-35(27-33)51-43(58)10-3-22-54-23-17-31(18-24-54)5-4-26-63-42-9-2-8-37-45(42)49(62)56(48(37)61)41-13-14-44(59)53-47(41)60/h1-2,6-9,11-12,15-16,20-21,27-28,31,36,40-41,46,52,57H,3-5,10,13-14,17-19,22-26,29-30H2,(H,51,58)(H,53,59,60)/t36-,40-,41?,46-/m1/s1. The van der Waals surface area contributed by atoms with Crippen molar-refractivity contribution in [2.75, 3.05) is 49.2 Å². The van der Waals surface area contributed by atoms with Crippen LogP contribution in [0.15, 0.2) is 90.1 Å². The number of hydrogen-bond acceptors (Lipinski definition) is 11. The van der Waals surface area contributed by atoms with E-state index in [9.17, 15) is 29.1 Å². The number of thioether (sulfide) groups is 1. The summed E-state index contributed by atoms with van der Waals surface area (Å²) in [5.41, 5.74) is 7.16. The lowest BCUT2D eigenvalue weighted by Crippen LogP contribution is -2.54. The molecule has 0 bridgehead atoms. The van der Waals surface area contributed by atoms with E-state index in [2.05, 4.69) is 73.2 Å². The molecule has 1 aromatic heterocycles. The Kier molecular flexibility index (Phi) is 13.0. The molecule has 3 saturated heterocycles. The summed E-state index contributed by atoms with van der Waals surface area (Å²) in [7, 11) is 0. The second kappa shape index (κ2) is 19.1. The number of amides is 5. The molecule has 13 nitrogen and oxygen atoms in total. The highest BCUT2D eigenvalue weighted by atomic mass is 32.2. The first kappa shape index (κ1) is 42.9. The van der Waals surface area contributed by atoms with E-state index in [1.165, 1.54) is 11.1 Å². The van der Waals surface area contributed by atoms with E-state index in [-0.39, 0.29) is 43.3 Å². The Morgan fingerprint density at radius 1 is 0.873 bits per heavy atom. The molecule has 4 N–H and O–H groups in total. The molecule has 63 heavy (non-hydrogen) atoms. The van der Waals surface area contributed by atoms with Crippen molar-refractivity contribution in [2.24, 2.45) is 11.8 Å². The van der Waals surface area contributed by atoms with Crippen molar-refractivity contribution in [2.45, 2.75) is 87.4 Å². The third-order valence-electron chi connectivity index (χ3n) is 13.6. The minimum Gasteiger partial charge on any atom is -0.394 e. The van der Waals surface area contributed by atoms with E-state index in [1.807, 2.05) is 30.6 Å². The predicted octanol–water partition coefficient (Wildman–Crippen LogP) is 6.50. The van der Waals surface area contributed by atoms with Gasteiger partial charge >= 0.3 is 0 Å². The van der Waals surface area contributed by atoms with E-state index >= 15 is 0 Å². The molecule has 5 amide bonds. The molecule has 0 spiro atoms. The third-order valence-corrected chi connectivity index (χ3v) is 14.8. The molecule has 9 rings (SSSR count). The summed E-state index contributed by atoms with van der Waals surface area (Å²) in [6.45, 7) is 4.81.